The molecule has 0 atom stereocenters. The Morgan fingerprint density at radius 1 is 1.14 bits per heavy atom. The number of hydrogen-bond donors (Lipinski definition) is 1. The molecule has 0 aliphatic carbocycles. The van der Waals surface area contributed by atoms with Crippen molar-refractivity contribution in [2.24, 2.45) is 0 Å². The number of ether oxygens (including phenoxy) is 1. The molecule has 2 aliphatic rings. The van der Waals surface area contributed by atoms with Crippen LogP contribution in [-0.4, -0.2) is 53.6 Å². The summed E-state index contributed by atoms with van der Waals surface area (Å²) in [6.45, 7) is 7.00. The van der Waals surface area contributed by atoms with Gasteiger partial charge >= 0.3 is 6.18 Å². The molecule has 4 heterocycles. The first-order valence-electron chi connectivity index (χ1n) is 11.5. The van der Waals surface area contributed by atoms with Crippen molar-refractivity contribution in [2.45, 2.75) is 19.1 Å². The third kappa shape index (κ3) is 4.92. The second-order valence-electron chi connectivity index (χ2n) is 8.50. The minimum Gasteiger partial charge on any atom is -0.457 e. The van der Waals surface area contributed by atoms with Crippen LogP contribution in [0, 0.1) is 0 Å². The van der Waals surface area contributed by atoms with E-state index in [9.17, 15) is 18.0 Å². The molecule has 36 heavy (non-hydrogen) atoms. The zero-order chi connectivity index (χ0) is 25.3. The van der Waals surface area contributed by atoms with Gasteiger partial charge in [0.05, 0.1) is 19.8 Å². The summed E-state index contributed by atoms with van der Waals surface area (Å²) in [6, 6.07) is 9.05. The second-order valence-corrected chi connectivity index (χ2v) is 8.50. The maximum absolute atomic E-state index is 13.8. The fraction of sp³-hybridized carbons (Fsp3) is 0.320. The van der Waals surface area contributed by atoms with Crippen LogP contribution in [0.4, 0.5) is 30.5 Å². The van der Waals surface area contributed by atoms with Gasteiger partial charge in [-0.15, -0.1) is 0 Å². The number of carbonyl (C=O) groups is 1. The lowest BCUT2D eigenvalue weighted by Crippen LogP contribution is -2.36. The van der Waals surface area contributed by atoms with E-state index < -0.39 is 11.7 Å². The van der Waals surface area contributed by atoms with Crippen molar-refractivity contribution in [3.05, 3.63) is 66.1 Å². The first-order chi connectivity index (χ1) is 17.3. The molecular weight excluding hydrogens is 475 g/mol. The minimum atomic E-state index is -4.67. The Morgan fingerprint density at radius 2 is 1.89 bits per heavy atom. The zero-order valence-corrected chi connectivity index (χ0v) is 19.3. The van der Waals surface area contributed by atoms with Crippen LogP contribution in [-0.2, 0) is 28.7 Å². The molecule has 8 nitrogen and oxygen atoms in total. The zero-order valence-electron chi connectivity index (χ0n) is 19.3. The number of nitrogens with zero attached hydrogens (tertiary/aromatic N) is 4. The fourth-order valence-electron chi connectivity index (χ4n) is 4.30. The molecule has 0 bridgehead atoms. The summed E-state index contributed by atoms with van der Waals surface area (Å²) < 4.78 is 52.5. The van der Waals surface area contributed by atoms with Crippen molar-refractivity contribution in [3.8, 4) is 11.5 Å². The topological polar surface area (TPSA) is 83.7 Å². The minimum absolute atomic E-state index is 0.00922. The monoisotopic (exact) mass is 499 g/mol. The average molecular weight is 499 g/mol. The average Bonchev–Trinajstić information content (AvgIpc) is 3.32. The number of aromatic nitrogens is 2. The summed E-state index contributed by atoms with van der Waals surface area (Å²) in [7, 11) is 0. The first-order valence-corrected chi connectivity index (χ1v) is 11.5. The van der Waals surface area contributed by atoms with Crippen LogP contribution in [0.2, 0.25) is 0 Å². The molecule has 3 aromatic rings. The smallest absolute Gasteiger partial charge is 0.420 e. The molecule has 0 unspecified atom stereocenters. The molecule has 188 valence electrons. The maximum Gasteiger partial charge on any atom is 0.420 e. The molecule has 2 aromatic heterocycles. The van der Waals surface area contributed by atoms with E-state index >= 15 is 0 Å². The molecule has 2 aliphatic heterocycles. The Hall–Kier alpha value is -3.86. The Balaban J connectivity index is 1.41. The van der Waals surface area contributed by atoms with E-state index in [0.717, 1.165) is 30.5 Å². The van der Waals surface area contributed by atoms with E-state index in [1.165, 1.54) is 11.0 Å². The van der Waals surface area contributed by atoms with Crippen LogP contribution in [0.3, 0.4) is 0 Å². The summed E-state index contributed by atoms with van der Waals surface area (Å²) in [5.41, 5.74) is 1.05. The Morgan fingerprint density at radius 3 is 2.58 bits per heavy atom. The number of furan rings is 1. The number of benzene rings is 1. The summed E-state index contributed by atoms with van der Waals surface area (Å²) in [5.74, 6) is 0.164. The van der Waals surface area contributed by atoms with Gasteiger partial charge in [-0.1, -0.05) is 6.58 Å². The summed E-state index contributed by atoms with van der Waals surface area (Å²) in [6.07, 6.45) is -2.26. The van der Waals surface area contributed by atoms with E-state index in [-0.39, 0.29) is 29.9 Å². The first kappa shape index (κ1) is 23.9. The van der Waals surface area contributed by atoms with Crippen LogP contribution < -0.4 is 10.2 Å². The van der Waals surface area contributed by atoms with Crippen LogP contribution in [0.15, 0.2) is 53.6 Å². The molecule has 1 fully saturated rings. The maximum atomic E-state index is 13.8. The lowest BCUT2D eigenvalue weighted by molar-refractivity contribution is -0.137. The van der Waals surface area contributed by atoms with Crippen LogP contribution in [0.25, 0.3) is 11.5 Å². The Bertz CT molecular complexity index is 1270. The number of amides is 1. The predicted molar refractivity (Wildman–Crippen MR) is 127 cm³/mol. The largest absolute Gasteiger partial charge is 0.457 e. The number of nitrogens with one attached hydrogen (secondary N) is 1. The van der Waals surface area contributed by atoms with E-state index in [1.54, 1.807) is 6.07 Å². The number of rotatable bonds is 5. The number of anilines is 3. The molecule has 1 N–H and O–H groups in total. The van der Waals surface area contributed by atoms with Crippen molar-refractivity contribution in [1.82, 2.24) is 14.9 Å². The normalized spacial score (nSPS) is 16.0. The lowest BCUT2D eigenvalue weighted by atomic mass is 10.1. The van der Waals surface area contributed by atoms with Crippen molar-refractivity contribution in [3.63, 3.8) is 0 Å². The third-order valence-electron chi connectivity index (χ3n) is 6.20. The van der Waals surface area contributed by atoms with Gasteiger partial charge in [-0.25, -0.2) is 9.97 Å². The molecule has 11 heteroatoms. The Kier molecular flexibility index (Phi) is 6.40. The SMILES string of the molecule is C=CC(=O)N1CCc2cc(-c3nc(Nc4ccc(N5CCOCC5)cc4)ncc3C(F)(F)F)oc2C1. The highest BCUT2D eigenvalue weighted by molar-refractivity contribution is 5.87. The van der Waals surface area contributed by atoms with Crippen molar-refractivity contribution in [2.75, 3.05) is 43.1 Å². The Labute approximate surface area is 205 Å². The van der Waals surface area contributed by atoms with Gasteiger partial charge in [0.2, 0.25) is 11.9 Å². The van der Waals surface area contributed by atoms with Crippen molar-refractivity contribution >= 4 is 23.2 Å². The predicted octanol–water partition coefficient (Wildman–Crippen LogP) is 4.41. The number of morpholine rings is 1. The highest BCUT2D eigenvalue weighted by Gasteiger charge is 2.37. The van der Waals surface area contributed by atoms with Gasteiger partial charge < -0.3 is 24.3 Å². The molecular formula is C25H24F3N5O3. The molecule has 0 radical (unpaired) electrons. The molecule has 5 rings (SSSR count). The molecule has 1 aromatic carbocycles. The summed E-state index contributed by atoms with van der Waals surface area (Å²) >= 11 is 0. The van der Waals surface area contributed by atoms with Crippen molar-refractivity contribution < 1.29 is 27.1 Å². The highest BCUT2D eigenvalue weighted by atomic mass is 19.4. The second kappa shape index (κ2) is 9.65. The summed E-state index contributed by atoms with van der Waals surface area (Å²) in [4.78, 5) is 23.7. The van der Waals surface area contributed by atoms with Gasteiger partial charge in [-0.2, -0.15) is 13.2 Å². The highest BCUT2D eigenvalue weighted by Crippen LogP contribution is 2.38. The van der Waals surface area contributed by atoms with Crippen molar-refractivity contribution in [1.29, 1.82) is 0 Å². The van der Waals surface area contributed by atoms with Gasteiger partial charge in [0.1, 0.15) is 17.0 Å². The summed E-state index contributed by atoms with van der Waals surface area (Å²) in [5, 5.41) is 2.98. The fourth-order valence-corrected chi connectivity index (χ4v) is 4.30. The molecule has 0 spiro atoms. The van der Waals surface area contributed by atoms with Gasteiger partial charge in [0.25, 0.3) is 0 Å². The third-order valence-corrected chi connectivity index (χ3v) is 6.20. The molecule has 0 saturated carbocycles. The van der Waals surface area contributed by atoms with Gasteiger partial charge in [0.15, 0.2) is 5.76 Å². The van der Waals surface area contributed by atoms with E-state index in [0.29, 0.717) is 37.6 Å². The number of halogens is 3. The number of alkyl halides is 3. The van der Waals surface area contributed by atoms with Gasteiger partial charge in [0, 0.05) is 37.2 Å². The van der Waals surface area contributed by atoms with Gasteiger partial charge in [-0.05, 0) is 48.4 Å². The number of hydrogen-bond acceptors (Lipinski definition) is 7. The lowest BCUT2D eigenvalue weighted by Gasteiger charge is -2.28. The quantitative estimate of drug-likeness (QED) is 0.521. The van der Waals surface area contributed by atoms with Gasteiger partial charge in [-0.3, -0.25) is 4.79 Å². The number of fused-ring (bicyclic) bond motifs is 1. The van der Waals surface area contributed by atoms with E-state index in [2.05, 4.69) is 26.8 Å². The van der Waals surface area contributed by atoms with Crippen LogP contribution in [0.1, 0.15) is 16.9 Å². The van der Waals surface area contributed by atoms with Crippen LogP contribution in [0.5, 0.6) is 0 Å². The van der Waals surface area contributed by atoms with Crippen LogP contribution >= 0.6 is 0 Å². The van der Waals surface area contributed by atoms with E-state index in [1.807, 2.05) is 24.3 Å². The van der Waals surface area contributed by atoms with E-state index in [4.69, 9.17) is 9.15 Å². The molecule has 1 amide bonds. The number of carbonyl (C=O) groups excluding carboxylic acids is 1. The standard InChI is InChI=1S/C25H24F3N5O3/c1-2-22(34)33-8-7-16-13-20(36-21(16)15-33)23-19(25(26,27)28)14-29-24(31-23)30-17-3-5-18(6-4-17)32-9-11-35-12-10-32/h2-6,13-14H,1,7-12,15H2,(H,29,30,31). The molecule has 1 saturated heterocycles.